The Bertz CT molecular complexity index is 287. The Kier molecular flexibility index (Phi) is 8.52. The highest BCUT2D eigenvalue weighted by molar-refractivity contribution is 5.85. The van der Waals surface area contributed by atoms with Crippen LogP contribution < -0.4 is 11.1 Å². The van der Waals surface area contributed by atoms with Crippen molar-refractivity contribution in [3.05, 3.63) is 30.1 Å². The van der Waals surface area contributed by atoms with Gasteiger partial charge >= 0.3 is 0 Å². The van der Waals surface area contributed by atoms with Gasteiger partial charge in [0.25, 0.3) is 0 Å². The Labute approximate surface area is 115 Å². The van der Waals surface area contributed by atoms with Crippen LogP contribution in [0.15, 0.2) is 24.4 Å². The standard InChI is InChI=1S/C12H19N3.2ClH/c13-10-4-6-11(7-5-10)15-9-12-3-1-2-8-14-12;;/h1-3,8,10-11,15H,4-7,9,13H2;2*1H. The molecule has 0 atom stereocenters. The van der Waals surface area contributed by atoms with Gasteiger partial charge in [0.1, 0.15) is 0 Å². The minimum atomic E-state index is 0. The van der Waals surface area contributed by atoms with Crippen molar-refractivity contribution in [1.82, 2.24) is 10.3 Å². The average Bonchev–Trinajstić information content (AvgIpc) is 2.30. The average molecular weight is 278 g/mol. The van der Waals surface area contributed by atoms with Crippen molar-refractivity contribution in [2.45, 2.75) is 44.3 Å². The first kappa shape index (κ1) is 16.6. The molecule has 1 aromatic rings. The van der Waals surface area contributed by atoms with E-state index >= 15 is 0 Å². The van der Waals surface area contributed by atoms with Gasteiger partial charge in [0, 0.05) is 24.8 Å². The zero-order chi connectivity index (χ0) is 10.5. The Balaban J connectivity index is 0.00000128. The van der Waals surface area contributed by atoms with Crippen LogP contribution in [0.25, 0.3) is 0 Å². The lowest BCUT2D eigenvalue weighted by Crippen LogP contribution is -2.37. The lowest BCUT2D eigenvalue weighted by atomic mass is 9.92. The first-order chi connectivity index (χ1) is 7.34. The van der Waals surface area contributed by atoms with Gasteiger partial charge in [-0.05, 0) is 37.8 Å². The number of nitrogens with zero attached hydrogens (tertiary/aromatic N) is 1. The van der Waals surface area contributed by atoms with Crippen molar-refractivity contribution < 1.29 is 0 Å². The largest absolute Gasteiger partial charge is 0.328 e. The van der Waals surface area contributed by atoms with Crippen LogP contribution in [0.5, 0.6) is 0 Å². The highest BCUT2D eigenvalue weighted by Crippen LogP contribution is 2.17. The van der Waals surface area contributed by atoms with E-state index in [0.717, 1.165) is 25.1 Å². The van der Waals surface area contributed by atoms with Crippen molar-refractivity contribution in [3.63, 3.8) is 0 Å². The third-order valence-electron chi connectivity index (χ3n) is 3.07. The molecule has 5 heteroatoms. The molecular weight excluding hydrogens is 257 g/mol. The smallest absolute Gasteiger partial charge is 0.0541 e. The topological polar surface area (TPSA) is 50.9 Å². The van der Waals surface area contributed by atoms with Gasteiger partial charge in [0.15, 0.2) is 0 Å². The number of nitrogens with two attached hydrogens (primary N) is 1. The molecule has 0 aliphatic heterocycles. The van der Waals surface area contributed by atoms with Crippen LogP contribution in [0.4, 0.5) is 0 Å². The van der Waals surface area contributed by atoms with Crippen molar-refractivity contribution >= 4 is 24.8 Å². The predicted molar refractivity (Wildman–Crippen MR) is 75.8 cm³/mol. The van der Waals surface area contributed by atoms with Crippen molar-refractivity contribution in [1.29, 1.82) is 0 Å². The van der Waals surface area contributed by atoms with E-state index in [1.807, 2.05) is 18.3 Å². The highest BCUT2D eigenvalue weighted by Gasteiger charge is 2.17. The summed E-state index contributed by atoms with van der Waals surface area (Å²) >= 11 is 0. The summed E-state index contributed by atoms with van der Waals surface area (Å²) in [6.45, 7) is 0.876. The predicted octanol–water partition coefficient (Wildman–Crippen LogP) is 2.28. The summed E-state index contributed by atoms with van der Waals surface area (Å²) in [7, 11) is 0. The fraction of sp³-hybridized carbons (Fsp3) is 0.583. The van der Waals surface area contributed by atoms with Gasteiger partial charge in [-0.1, -0.05) is 6.07 Å². The van der Waals surface area contributed by atoms with E-state index in [4.69, 9.17) is 5.73 Å². The van der Waals surface area contributed by atoms with Gasteiger partial charge < -0.3 is 11.1 Å². The summed E-state index contributed by atoms with van der Waals surface area (Å²) in [4.78, 5) is 4.29. The number of rotatable bonds is 3. The monoisotopic (exact) mass is 277 g/mol. The van der Waals surface area contributed by atoms with Crippen LogP contribution in [0.2, 0.25) is 0 Å². The summed E-state index contributed by atoms with van der Waals surface area (Å²) in [6.07, 6.45) is 6.55. The molecule has 0 bridgehead atoms. The molecule has 3 nitrogen and oxygen atoms in total. The van der Waals surface area contributed by atoms with Crippen LogP contribution in [0.3, 0.4) is 0 Å². The number of pyridine rings is 1. The maximum absolute atomic E-state index is 5.86. The normalized spacial score (nSPS) is 23.4. The lowest BCUT2D eigenvalue weighted by molar-refractivity contribution is 0.341. The SMILES string of the molecule is Cl.Cl.NC1CCC(NCc2ccccn2)CC1. The number of hydrogen-bond acceptors (Lipinski definition) is 3. The first-order valence-electron chi connectivity index (χ1n) is 5.73. The van der Waals surface area contributed by atoms with Gasteiger partial charge in [-0.25, -0.2) is 0 Å². The fourth-order valence-corrected chi connectivity index (χ4v) is 2.07. The summed E-state index contributed by atoms with van der Waals surface area (Å²) in [5.41, 5.74) is 6.98. The molecule has 3 N–H and O–H groups in total. The molecule has 0 unspecified atom stereocenters. The molecule has 2 rings (SSSR count). The van der Waals surface area contributed by atoms with Gasteiger partial charge in [0.2, 0.25) is 0 Å². The van der Waals surface area contributed by atoms with Crippen LogP contribution in [0.1, 0.15) is 31.4 Å². The third kappa shape index (κ3) is 5.68. The van der Waals surface area contributed by atoms with Gasteiger partial charge in [-0.15, -0.1) is 24.8 Å². The van der Waals surface area contributed by atoms with E-state index in [1.165, 1.54) is 12.8 Å². The van der Waals surface area contributed by atoms with E-state index in [0.29, 0.717) is 12.1 Å². The fourth-order valence-electron chi connectivity index (χ4n) is 2.07. The minimum Gasteiger partial charge on any atom is -0.328 e. The molecule has 0 aromatic carbocycles. The number of halogens is 2. The molecule has 0 spiro atoms. The van der Waals surface area contributed by atoms with Crippen molar-refractivity contribution in [2.75, 3.05) is 0 Å². The molecule has 1 fully saturated rings. The molecular formula is C12H21Cl2N3. The van der Waals surface area contributed by atoms with Gasteiger partial charge in [0.05, 0.1) is 5.69 Å². The molecule has 1 saturated carbocycles. The second-order valence-electron chi connectivity index (χ2n) is 4.31. The Morgan fingerprint density at radius 3 is 2.47 bits per heavy atom. The Morgan fingerprint density at radius 2 is 1.88 bits per heavy atom. The van der Waals surface area contributed by atoms with Gasteiger partial charge in [-0.2, -0.15) is 0 Å². The van der Waals surface area contributed by atoms with E-state index in [1.54, 1.807) is 0 Å². The summed E-state index contributed by atoms with van der Waals surface area (Å²) in [5, 5.41) is 3.54. The maximum Gasteiger partial charge on any atom is 0.0541 e. The molecule has 1 heterocycles. The van der Waals surface area contributed by atoms with Gasteiger partial charge in [-0.3, -0.25) is 4.98 Å². The van der Waals surface area contributed by atoms with Crippen LogP contribution in [-0.4, -0.2) is 17.1 Å². The molecule has 0 amide bonds. The lowest BCUT2D eigenvalue weighted by Gasteiger charge is -2.26. The summed E-state index contributed by atoms with van der Waals surface area (Å²) in [5.74, 6) is 0. The summed E-state index contributed by atoms with van der Waals surface area (Å²) in [6, 6.07) is 7.09. The van der Waals surface area contributed by atoms with E-state index in [2.05, 4.69) is 16.4 Å². The molecule has 0 radical (unpaired) electrons. The Hall–Kier alpha value is -0.350. The molecule has 1 aromatic heterocycles. The summed E-state index contributed by atoms with van der Waals surface area (Å²) < 4.78 is 0. The number of aromatic nitrogens is 1. The second-order valence-corrected chi connectivity index (χ2v) is 4.31. The molecule has 98 valence electrons. The third-order valence-corrected chi connectivity index (χ3v) is 3.07. The molecule has 1 aliphatic carbocycles. The highest BCUT2D eigenvalue weighted by atomic mass is 35.5. The molecule has 0 saturated heterocycles. The van der Waals surface area contributed by atoms with Crippen LogP contribution in [0, 0.1) is 0 Å². The zero-order valence-corrected chi connectivity index (χ0v) is 11.5. The number of nitrogens with one attached hydrogen (secondary N) is 1. The van der Waals surface area contributed by atoms with E-state index < -0.39 is 0 Å². The quantitative estimate of drug-likeness (QED) is 0.892. The number of hydrogen-bond donors (Lipinski definition) is 2. The minimum absolute atomic E-state index is 0. The molecule has 1 aliphatic rings. The van der Waals surface area contributed by atoms with E-state index in [9.17, 15) is 0 Å². The molecule has 17 heavy (non-hydrogen) atoms. The van der Waals surface area contributed by atoms with Crippen LogP contribution in [-0.2, 0) is 6.54 Å². The second kappa shape index (κ2) is 8.70. The maximum atomic E-state index is 5.86. The van der Waals surface area contributed by atoms with Crippen LogP contribution >= 0.6 is 24.8 Å². The van der Waals surface area contributed by atoms with Crippen molar-refractivity contribution in [2.24, 2.45) is 5.73 Å². The zero-order valence-electron chi connectivity index (χ0n) is 9.84. The van der Waals surface area contributed by atoms with E-state index in [-0.39, 0.29) is 24.8 Å². The first-order valence-corrected chi connectivity index (χ1v) is 5.73. The van der Waals surface area contributed by atoms with Crippen molar-refractivity contribution in [3.8, 4) is 0 Å². The Morgan fingerprint density at radius 1 is 1.18 bits per heavy atom.